The van der Waals surface area contributed by atoms with Gasteiger partial charge in [-0.05, 0) is 13.0 Å². The number of carbonyl (C=O) groups excluding carboxylic acids is 1. The minimum absolute atomic E-state index is 0.116. The molecule has 3 nitrogen and oxygen atoms in total. The van der Waals surface area contributed by atoms with E-state index in [1.807, 2.05) is 0 Å². The minimum atomic E-state index is -0.492. The molecule has 14 heavy (non-hydrogen) atoms. The van der Waals surface area contributed by atoms with Crippen LogP contribution in [0.5, 0.6) is 0 Å². The Bertz CT molecular complexity index is 516. The van der Waals surface area contributed by atoms with Crippen molar-refractivity contribution in [2.75, 3.05) is 0 Å². The average molecular weight is 192 g/mol. The lowest BCUT2D eigenvalue weighted by Gasteiger charge is -1.99. The lowest BCUT2D eigenvalue weighted by atomic mass is 10.1. The van der Waals surface area contributed by atoms with E-state index in [9.17, 15) is 9.18 Å². The van der Waals surface area contributed by atoms with Gasteiger partial charge in [-0.25, -0.2) is 4.39 Å². The topological polar surface area (TPSA) is 34.9 Å². The predicted molar refractivity (Wildman–Crippen MR) is 50.7 cm³/mol. The fourth-order valence-electron chi connectivity index (χ4n) is 1.44. The fourth-order valence-corrected chi connectivity index (χ4v) is 1.44. The number of carbonyl (C=O) groups is 1. The zero-order chi connectivity index (χ0) is 10.3. The minimum Gasteiger partial charge on any atom is -0.294 e. The Balaban J connectivity index is 2.79. The number of rotatable bonds is 1. The Hall–Kier alpha value is -1.71. The average Bonchev–Trinajstić information content (AvgIpc) is 2.46. The molecule has 0 N–H and O–H groups in total. The van der Waals surface area contributed by atoms with Crippen molar-refractivity contribution in [2.45, 2.75) is 6.92 Å². The van der Waals surface area contributed by atoms with Gasteiger partial charge in [0.15, 0.2) is 5.78 Å². The Labute approximate surface area is 80.1 Å². The number of aromatic nitrogens is 2. The van der Waals surface area contributed by atoms with Crippen LogP contribution in [-0.4, -0.2) is 15.6 Å². The van der Waals surface area contributed by atoms with E-state index in [1.165, 1.54) is 19.1 Å². The highest BCUT2D eigenvalue weighted by Crippen LogP contribution is 2.18. The molecule has 1 aromatic carbocycles. The third-order valence-electron chi connectivity index (χ3n) is 2.21. The standard InChI is InChI=1S/C10H9FN2O/c1-6(14)8-3-7-5-12-13(2)10(7)4-9(8)11/h3-5H,1-2H3. The first-order chi connectivity index (χ1) is 6.59. The second-order valence-electron chi connectivity index (χ2n) is 3.22. The number of hydrogen-bond donors (Lipinski definition) is 0. The summed E-state index contributed by atoms with van der Waals surface area (Å²) in [6.45, 7) is 1.35. The van der Waals surface area contributed by atoms with Gasteiger partial charge >= 0.3 is 0 Å². The summed E-state index contributed by atoms with van der Waals surface area (Å²) in [5.74, 6) is -0.762. The van der Waals surface area contributed by atoms with Crippen LogP contribution < -0.4 is 0 Å². The first-order valence-corrected chi connectivity index (χ1v) is 4.22. The summed E-state index contributed by atoms with van der Waals surface area (Å²) < 4.78 is 14.9. The summed E-state index contributed by atoms with van der Waals surface area (Å²) in [6, 6.07) is 2.86. The van der Waals surface area contributed by atoms with Crippen molar-refractivity contribution >= 4 is 16.7 Å². The van der Waals surface area contributed by atoms with E-state index in [-0.39, 0.29) is 11.3 Å². The highest BCUT2D eigenvalue weighted by atomic mass is 19.1. The molecule has 0 amide bonds. The van der Waals surface area contributed by atoms with E-state index < -0.39 is 5.82 Å². The van der Waals surface area contributed by atoms with Gasteiger partial charge in [-0.1, -0.05) is 0 Å². The maximum absolute atomic E-state index is 13.4. The number of Topliss-reactive ketones (excluding diaryl/α,β-unsaturated/α-hetero) is 1. The maximum atomic E-state index is 13.4. The third kappa shape index (κ3) is 1.19. The largest absolute Gasteiger partial charge is 0.294 e. The molecule has 0 radical (unpaired) electrons. The number of nitrogens with zero attached hydrogens (tertiary/aromatic N) is 2. The van der Waals surface area contributed by atoms with Crippen LogP contribution in [0.3, 0.4) is 0 Å². The van der Waals surface area contributed by atoms with Gasteiger partial charge in [0, 0.05) is 18.5 Å². The van der Waals surface area contributed by atoms with E-state index in [0.717, 1.165) is 5.39 Å². The number of ketones is 1. The lowest BCUT2D eigenvalue weighted by molar-refractivity contribution is 0.101. The molecule has 72 valence electrons. The van der Waals surface area contributed by atoms with Crippen molar-refractivity contribution < 1.29 is 9.18 Å². The van der Waals surface area contributed by atoms with Crippen LogP contribution in [0.15, 0.2) is 18.3 Å². The Morgan fingerprint density at radius 2 is 2.21 bits per heavy atom. The zero-order valence-corrected chi connectivity index (χ0v) is 7.91. The Kier molecular flexibility index (Phi) is 1.84. The van der Waals surface area contributed by atoms with E-state index in [0.29, 0.717) is 5.52 Å². The summed E-state index contributed by atoms with van der Waals surface area (Å²) in [4.78, 5) is 11.0. The zero-order valence-electron chi connectivity index (χ0n) is 7.91. The Morgan fingerprint density at radius 1 is 1.50 bits per heavy atom. The van der Waals surface area contributed by atoms with Crippen molar-refractivity contribution in [3.8, 4) is 0 Å². The molecule has 1 aromatic heterocycles. The molecule has 2 rings (SSSR count). The maximum Gasteiger partial charge on any atom is 0.162 e. The van der Waals surface area contributed by atoms with Gasteiger partial charge in [-0.2, -0.15) is 5.10 Å². The van der Waals surface area contributed by atoms with Crippen molar-refractivity contribution in [1.82, 2.24) is 9.78 Å². The molecule has 0 atom stereocenters. The predicted octanol–water partition coefficient (Wildman–Crippen LogP) is 1.92. The van der Waals surface area contributed by atoms with Crippen LogP contribution in [-0.2, 0) is 7.05 Å². The van der Waals surface area contributed by atoms with Crippen LogP contribution >= 0.6 is 0 Å². The smallest absolute Gasteiger partial charge is 0.162 e. The van der Waals surface area contributed by atoms with Gasteiger partial charge in [-0.15, -0.1) is 0 Å². The molecule has 0 spiro atoms. The summed E-state index contributed by atoms with van der Waals surface area (Å²) in [5, 5.41) is 4.75. The molecule has 0 saturated carbocycles. The van der Waals surface area contributed by atoms with Crippen LogP contribution in [0, 0.1) is 5.82 Å². The molecule has 0 aliphatic rings. The normalized spacial score (nSPS) is 10.8. The third-order valence-corrected chi connectivity index (χ3v) is 2.21. The number of benzene rings is 1. The molecular weight excluding hydrogens is 183 g/mol. The summed E-state index contributed by atoms with van der Waals surface area (Å²) in [6.07, 6.45) is 1.61. The fraction of sp³-hybridized carbons (Fsp3) is 0.200. The van der Waals surface area contributed by atoms with Gasteiger partial charge in [0.25, 0.3) is 0 Å². The SMILES string of the molecule is CC(=O)c1cc2cnn(C)c2cc1F. The van der Waals surface area contributed by atoms with E-state index in [2.05, 4.69) is 5.10 Å². The summed E-state index contributed by atoms with van der Waals surface area (Å²) in [5.41, 5.74) is 0.804. The van der Waals surface area contributed by atoms with Gasteiger partial charge in [0.1, 0.15) is 5.82 Å². The van der Waals surface area contributed by atoms with E-state index in [1.54, 1.807) is 17.9 Å². The first kappa shape index (κ1) is 8.87. The van der Waals surface area contributed by atoms with Crippen molar-refractivity contribution in [3.05, 3.63) is 29.7 Å². The van der Waals surface area contributed by atoms with Crippen molar-refractivity contribution in [3.63, 3.8) is 0 Å². The molecule has 0 unspecified atom stereocenters. The van der Waals surface area contributed by atoms with Crippen LogP contribution in [0.4, 0.5) is 4.39 Å². The molecule has 0 aliphatic carbocycles. The number of halogens is 1. The Morgan fingerprint density at radius 3 is 2.86 bits per heavy atom. The van der Waals surface area contributed by atoms with Crippen LogP contribution in [0.1, 0.15) is 17.3 Å². The van der Waals surface area contributed by atoms with Gasteiger partial charge in [0.05, 0.1) is 17.3 Å². The second kappa shape index (κ2) is 2.90. The highest BCUT2D eigenvalue weighted by Gasteiger charge is 2.10. The van der Waals surface area contributed by atoms with Gasteiger partial charge in [0.2, 0.25) is 0 Å². The highest BCUT2D eigenvalue weighted by molar-refractivity contribution is 5.98. The first-order valence-electron chi connectivity index (χ1n) is 4.22. The quantitative estimate of drug-likeness (QED) is 0.647. The van der Waals surface area contributed by atoms with Crippen LogP contribution in [0.2, 0.25) is 0 Å². The molecule has 0 saturated heterocycles. The lowest BCUT2D eigenvalue weighted by Crippen LogP contribution is -1.97. The number of aryl methyl sites for hydroxylation is 1. The van der Waals surface area contributed by atoms with E-state index in [4.69, 9.17) is 0 Å². The molecule has 1 heterocycles. The van der Waals surface area contributed by atoms with Gasteiger partial charge < -0.3 is 0 Å². The summed E-state index contributed by atoms with van der Waals surface area (Å²) >= 11 is 0. The summed E-state index contributed by atoms with van der Waals surface area (Å²) in [7, 11) is 1.73. The molecular formula is C10H9FN2O. The monoisotopic (exact) mass is 192 g/mol. The molecule has 0 fully saturated rings. The molecule has 0 bridgehead atoms. The second-order valence-corrected chi connectivity index (χ2v) is 3.22. The molecule has 2 aromatic rings. The number of fused-ring (bicyclic) bond motifs is 1. The van der Waals surface area contributed by atoms with Gasteiger partial charge in [-0.3, -0.25) is 9.48 Å². The molecule has 0 aliphatic heterocycles. The van der Waals surface area contributed by atoms with Crippen molar-refractivity contribution in [1.29, 1.82) is 0 Å². The van der Waals surface area contributed by atoms with E-state index >= 15 is 0 Å². The van der Waals surface area contributed by atoms with Crippen LogP contribution in [0.25, 0.3) is 10.9 Å². The molecule has 4 heteroatoms. The number of hydrogen-bond acceptors (Lipinski definition) is 2. The van der Waals surface area contributed by atoms with Crippen molar-refractivity contribution in [2.24, 2.45) is 7.05 Å².